The van der Waals surface area contributed by atoms with Gasteiger partial charge in [0.1, 0.15) is 6.10 Å². The first kappa shape index (κ1) is 11.9. The second-order valence-corrected chi connectivity index (χ2v) is 3.42. The molecule has 0 atom stereocenters. The summed E-state index contributed by atoms with van der Waals surface area (Å²) in [6.45, 7) is 8.47. The lowest BCUT2D eigenvalue weighted by molar-refractivity contribution is -0.0484. The molecule has 0 bridgehead atoms. The Balaban J connectivity index is 3.27. The van der Waals surface area contributed by atoms with Crippen molar-refractivity contribution in [3.8, 4) is 0 Å². The molecule has 0 fully saturated rings. The molecule has 12 heavy (non-hydrogen) atoms. The smallest absolute Gasteiger partial charge is 0.101 e. The zero-order chi connectivity index (χ0) is 9.56. The third kappa shape index (κ3) is 7.98. The SMILES string of the molecule is CC(C)OCC(O)COC(C)C. The number of rotatable bonds is 6. The van der Waals surface area contributed by atoms with Crippen molar-refractivity contribution in [2.45, 2.75) is 46.0 Å². The fourth-order valence-electron chi connectivity index (χ4n) is 0.655. The maximum Gasteiger partial charge on any atom is 0.101 e. The summed E-state index contributed by atoms with van der Waals surface area (Å²) in [6, 6.07) is 0. The highest BCUT2D eigenvalue weighted by Gasteiger charge is 2.06. The van der Waals surface area contributed by atoms with Crippen molar-refractivity contribution in [2.75, 3.05) is 13.2 Å². The summed E-state index contributed by atoms with van der Waals surface area (Å²) in [5.41, 5.74) is 0. The van der Waals surface area contributed by atoms with Crippen LogP contribution in [-0.4, -0.2) is 36.6 Å². The highest BCUT2D eigenvalue weighted by atomic mass is 16.5. The molecule has 0 aromatic heterocycles. The van der Waals surface area contributed by atoms with E-state index in [4.69, 9.17) is 9.47 Å². The van der Waals surface area contributed by atoms with Gasteiger partial charge in [0.15, 0.2) is 0 Å². The Bertz CT molecular complexity index is 89.9. The monoisotopic (exact) mass is 176 g/mol. The van der Waals surface area contributed by atoms with Crippen LogP contribution in [0.25, 0.3) is 0 Å². The van der Waals surface area contributed by atoms with Gasteiger partial charge in [0, 0.05) is 0 Å². The minimum Gasteiger partial charge on any atom is -0.388 e. The van der Waals surface area contributed by atoms with Gasteiger partial charge in [-0.3, -0.25) is 0 Å². The van der Waals surface area contributed by atoms with Crippen LogP contribution in [0.2, 0.25) is 0 Å². The zero-order valence-corrected chi connectivity index (χ0v) is 8.41. The van der Waals surface area contributed by atoms with Gasteiger partial charge >= 0.3 is 0 Å². The molecule has 0 spiro atoms. The average molecular weight is 176 g/mol. The van der Waals surface area contributed by atoms with Crippen molar-refractivity contribution in [1.82, 2.24) is 0 Å². The van der Waals surface area contributed by atoms with Gasteiger partial charge in [-0.2, -0.15) is 0 Å². The Morgan fingerprint density at radius 3 is 1.50 bits per heavy atom. The largest absolute Gasteiger partial charge is 0.388 e. The number of aliphatic hydroxyl groups is 1. The van der Waals surface area contributed by atoms with Gasteiger partial charge in [-0.15, -0.1) is 0 Å². The highest BCUT2D eigenvalue weighted by molar-refractivity contribution is 4.53. The molecule has 0 heterocycles. The molecule has 0 aromatic rings. The molecule has 3 heteroatoms. The molecule has 3 nitrogen and oxygen atoms in total. The molecule has 0 aromatic carbocycles. The van der Waals surface area contributed by atoms with Crippen LogP contribution in [-0.2, 0) is 9.47 Å². The van der Waals surface area contributed by atoms with E-state index in [1.807, 2.05) is 27.7 Å². The molecule has 0 aliphatic heterocycles. The van der Waals surface area contributed by atoms with Crippen LogP contribution in [0.1, 0.15) is 27.7 Å². The van der Waals surface area contributed by atoms with E-state index in [0.717, 1.165) is 0 Å². The Kier molecular flexibility index (Phi) is 6.34. The second-order valence-electron chi connectivity index (χ2n) is 3.42. The summed E-state index contributed by atoms with van der Waals surface area (Å²) in [4.78, 5) is 0. The van der Waals surface area contributed by atoms with Gasteiger partial charge in [-0.1, -0.05) is 0 Å². The van der Waals surface area contributed by atoms with Crippen LogP contribution in [0.3, 0.4) is 0 Å². The number of hydrogen-bond acceptors (Lipinski definition) is 3. The van der Waals surface area contributed by atoms with E-state index >= 15 is 0 Å². The molecule has 1 N–H and O–H groups in total. The van der Waals surface area contributed by atoms with Crippen LogP contribution < -0.4 is 0 Å². The summed E-state index contributed by atoms with van der Waals surface area (Å²) < 4.78 is 10.4. The normalized spacial score (nSPS) is 12.0. The molecule has 0 amide bonds. The molecule has 0 radical (unpaired) electrons. The van der Waals surface area contributed by atoms with E-state index in [-0.39, 0.29) is 12.2 Å². The topological polar surface area (TPSA) is 38.7 Å². The zero-order valence-electron chi connectivity index (χ0n) is 8.41. The van der Waals surface area contributed by atoms with Crippen molar-refractivity contribution < 1.29 is 14.6 Å². The van der Waals surface area contributed by atoms with Crippen LogP contribution in [0.15, 0.2) is 0 Å². The lowest BCUT2D eigenvalue weighted by Gasteiger charge is -2.15. The van der Waals surface area contributed by atoms with Crippen LogP contribution in [0, 0.1) is 0 Å². The summed E-state index contributed by atoms with van der Waals surface area (Å²) in [6.07, 6.45) is -0.174. The Hall–Kier alpha value is -0.120. The number of aliphatic hydroxyl groups excluding tert-OH is 1. The molecule has 0 saturated carbocycles. The lowest BCUT2D eigenvalue weighted by atomic mass is 10.4. The summed E-state index contributed by atoms with van der Waals surface area (Å²) >= 11 is 0. The van der Waals surface area contributed by atoms with E-state index < -0.39 is 6.10 Å². The second kappa shape index (κ2) is 6.40. The van der Waals surface area contributed by atoms with Crippen LogP contribution >= 0.6 is 0 Å². The lowest BCUT2D eigenvalue weighted by Crippen LogP contribution is -2.25. The third-order valence-electron chi connectivity index (χ3n) is 1.24. The maximum absolute atomic E-state index is 9.30. The molecule has 0 aliphatic rings. The minimum absolute atomic E-state index is 0.165. The highest BCUT2D eigenvalue weighted by Crippen LogP contribution is 1.95. The standard InChI is InChI=1S/C9H20O3/c1-7(2)11-5-9(10)6-12-8(3)4/h7-10H,5-6H2,1-4H3. The van der Waals surface area contributed by atoms with Gasteiger partial charge in [-0.05, 0) is 27.7 Å². The molecule has 0 rings (SSSR count). The summed E-state index contributed by atoms with van der Waals surface area (Å²) in [5, 5.41) is 9.30. The Morgan fingerprint density at radius 1 is 0.917 bits per heavy atom. The van der Waals surface area contributed by atoms with Crippen molar-refractivity contribution >= 4 is 0 Å². The van der Waals surface area contributed by atoms with Crippen LogP contribution in [0.4, 0.5) is 0 Å². The van der Waals surface area contributed by atoms with E-state index in [1.165, 1.54) is 0 Å². The quantitative estimate of drug-likeness (QED) is 0.661. The van der Waals surface area contributed by atoms with E-state index in [0.29, 0.717) is 13.2 Å². The fourth-order valence-corrected chi connectivity index (χ4v) is 0.655. The van der Waals surface area contributed by atoms with E-state index in [9.17, 15) is 5.11 Å². The van der Waals surface area contributed by atoms with Crippen molar-refractivity contribution in [1.29, 1.82) is 0 Å². The molecular formula is C9H20O3. The van der Waals surface area contributed by atoms with Gasteiger partial charge in [0.05, 0.1) is 25.4 Å². The van der Waals surface area contributed by atoms with Gasteiger partial charge in [-0.25, -0.2) is 0 Å². The average Bonchev–Trinajstić information content (AvgIpc) is 1.96. The minimum atomic E-state index is -0.505. The Morgan fingerprint density at radius 2 is 1.25 bits per heavy atom. The first-order valence-corrected chi connectivity index (χ1v) is 4.43. The van der Waals surface area contributed by atoms with Gasteiger partial charge in [0.25, 0.3) is 0 Å². The fraction of sp³-hybridized carbons (Fsp3) is 1.00. The van der Waals surface area contributed by atoms with Gasteiger partial charge in [0.2, 0.25) is 0 Å². The Labute approximate surface area is 74.7 Å². The molecule has 0 aliphatic carbocycles. The van der Waals surface area contributed by atoms with E-state index in [2.05, 4.69) is 0 Å². The van der Waals surface area contributed by atoms with E-state index in [1.54, 1.807) is 0 Å². The maximum atomic E-state index is 9.30. The van der Waals surface area contributed by atoms with Crippen LogP contribution in [0.5, 0.6) is 0 Å². The number of hydrogen-bond donors (Lipinski definition) is 1. The molecule has 0 unspecified atom stereocenters. The third-order valence-corrected chi connectivity index (χ3v) is 1.24. The molecular weight excluding hydrogens is 156 g/mol. The van der Waals surface area contributed by atoms with Gasteiger partial charge < -0.3 is 14.6 Å². The predicted molar refractivity (Wildman–Crippen MR) is 48.2 cm³/mol. The van der Waals surface area contributed by atoms with Crippen molar-refractivity contribution in [3.05, 3.63) is 0 Å². The summed E-state index contributed by atoms with van der Waals surface area (Å²) in [5.74, 6) is 0. The number of ether oxygens (including phenoxy) is 2. The summed E-state index contributed by atoms with van der Waals surface area (Å²) in [7, 11) is 0. The first-order chi connectivity index (χ1) is 5.52. The molecule has 74 valence electrons. The van der Waals surface area contributed by atoms with Crippen molar-refractivity contribution in [2.24, 2.45) is 0 Å². The predicted octanol–water partition coefficient (Wildman–Crippen LogP) is 1.20. The van der Waals surface area contributed by atoms with Crippen molar-refractivity contribution in [3.63, 3.8) is 0 Å². The first-order valence-electron chi connectivity index (χ1n) is 4.43. The molecule has 0 saturated heterocycles.